The first-order valence-corrected chi connectivity index (χ1v) is 7.33. The number of rotatable bonds is 4. The van der Waals surface area contributed by atoms with Gasteiger partial charge in [0.25, 0.3) is 0 Å². The van der Waals surface area contributed by atoms with Gasteiger partial charge in [-0.15, -0.1) is 11.3 Å². The quantitative estimate of drug-likeness (QED) is 0.910. The molecule has 0 aromatic carbocycles. The average Bonchev–Trinajstić information content (AvgIpc) is 2.89. The molecule has 1 saturated heterocycles. The van der Waals surface area contributed by atoms with Gasteiger partial charge in [0.1, 0.15) is 0 Å². The fraction of sp³-hybridized carbons (Fsp3) is 0.643. The van der Waals surface area contributed by atoms with Gasteiger partial charge >= 0.3 is 5.97 Å². The number of likely N-dealkylation sites (tertiary alicyclic amines) is 1. The summed E-state index contributed by atoms with van der Waals surface area (Å²) in [5.74, 6) is -0.168. The van der Waals surface area contributed by atoms with E-state index >= 15 is 0 Å². The second-order valence-electron chi connectivity index (χ2n) is 5.79. The highest BCUT2D eigenvalue weighted by Gasteiger charge is 2.43. The van der Waals surface area contributed by atoms with Crippen molar-refractivity contribution in [3.8, 4) is 0 Å². The maximum Gasteiger partial charge on any atom is 0.310 e. The van der Waals surface area contributed by atoms with Crippen molar-refractivity contribution in [2.24, 2.45) is 11.3 Å². The van der Waals surface area contributed by atoms with Gasteiger partial charge in [0.15, 0.2) is 0 Å². The van der Waals surface area contributed by atoms with Crippen molar-refractivity contribution in [3.63, 3.8) is 0 Å². The van der Waals surface area contributed by atoms with Gasteiger partial charge in [0, 0.05) is 17.5 Å². The molecule has 3 nitrogen and oxygen atoms in total. The summed E-state index contributed by atoms with van der Waals surface area (Å²) in [6.45, 7) is 7.81. The van der Waals surface area contributed by atoms with Crippen LogP contribution in [-0.2, 0) is 4.79 Å². The molecule has 1 N–H and O–H groups in total. The summed E-state index contributed by atoms with van der Waals surface area (Å²) >= 11 is 1.77. The molecule has 18 heavy (non-hydrogen) atoms. The summed E-state index contributed by atoms with van der Waals surface area (Å²) in [7, 11) is 0. The summed E-state index contributed by atoms with van der Waals surface area (Å²) in [5, 5.41) is 11.4. The van der Waals surface area contributed by atoms with Crippen LogP contribution in [0.3, 0.4) is 0 Å². The minimum absolute atomic E-state index is 0.353. The van der Waals surface area contributed by atoms with Crippen molar-refractivity contribution in [2.75, 3.05) is 13.1 Å². The average molecular weight is 267 g/mol. The van der Waals surface area contributed by atoms with Crippen LogP contribution in [0.1, 0.15) is 38.1 Å². The van der Waals surface area contributed by atoms with E-state index in [1.165, 1.54) is 4.88 Å². The molecule has 2 unspecified atom stereocenters. The molecule has 1 aliphatic rings. The SMILES string of the molecule is CC(C)C(c1cccs1)N1CCC(C)(C(=O)O)C1. The molecule has 2 heterocycles. The van der Waals surface area contributed by atoms with Crippen LogP contribution in [-0.4, -0.2) is 29.1 Å². The summed E-state index contributed by atoms with van der Waals surface area (Å²) < 4.78 is 0. The normalized spacial score (nSPS) is 26.7. The van der Waals surface area contributed by atoms with Crippen LogP contribution < -0.4 is 0 Å². The van der Waals surface area contributed by atoms with Gasteiger partial charge in [-0.25, -0.2) is 0 Å². The Kier molecular flexibility index (Phi) is 3.78. The summed E-state index contributed by atoms with van der Waals surface area (Å²) in [5.41, 5.74) is -0.579. The molecule has 2 rings (SSSR count). The van der Waals surface area contributed by atoms with E-state index in [1.807, 2.05) is 6.92 Å². The Hall–Kier alpha value is -0.870. The lowest BCUT2D eigenvalue weighted by molar-refractivity contribution is -0.147. The molecule has 1 aromatic heterocycles. The van der Waals surface area contributed by atoms with Gasteiger partial charge in [-0.3, -0.25) is 9.69 Å². The van der Waals surface area contributed by atoms with Crippen LogP contribution in [0.15, 0.2) is 17.5 Å². The fourth-order valence-electron chi connectivity index (χ4n) is 2.80. The van der Waals surface area contributed by atoms with Gasteiger partial charge in [0.05, 0.1) is 5.41 Å². The molecular formula is C14H21NO2S. The number of carboxylic acid groups (broad SMARTS) is 1. The second-order valence-corrected chi connectivity index (χ2v) is 6.77. The first-order chi connectivity index (χ1) is 8.44. The van der Waals surface area contributed by atoms with Crippen LogP contribution >= 0.6 is 11.3 Å². The lowest BCUT2D eigenvalue weighted by Crippen LogP contribution is -2.35. The molecule has 0 aliphatic carbocycles. The zero-order valence-electron chi connectivity index (χ0n) is 11.2. The number of hydrogen-bond acceptors (Lipinski definition) is 3. The number of nitrogens with zero attached hydrogens (tertiary/aromatic N) is 1. The predicted molar refractivity (Wildman–Crippen MR) is 73.8 cm³/mol. The summed E-state index contributed by atoms with van der Waals surface area (Å²) in [6, 6.07) is 4.58. The van der Waals surface area contributed by atoms with Crippen LogP contribution in [0, 0.1) is 11.3 Å². The molecule has 1 aromatic rings. The highest BCUT2D eigenvalue weighted by atomic mass is 32.1. The van der Waals surface area contributed by atoms with E-state index in [-0.39, 0.29) is 0 Å². The maximum atomic E-state index is 11.3. The van der Waals surface area contributed by atoms with E-state index in [2.05, 4.69) is 36.3 Å². The zero-order chi connectivity index (χ0) is 13.3. The monoisotopic (exact) mass is 267 g/mol. The van der Waals surface area contributed by atoms with Gasteiger partial charge < -0.3 is 5.11 Å². The highest BCUT2D eigenvalue weighted by Crippen LogP contribution is 2.39. The molecule has 0 radical (unpaired) electrons. The molecule has 0 amide bonds. The Morgan fingerprint density at radius 2 is 2.28 bits per heavy atom. The third kappa shape index (κ3) is 2.45. The van der Waals surface area contributed by atoms with Crippen molar-refractivity contribution >= 4 is 17.3 Å². The molecule has 100 valence electrons. The van der Waals surface area contributed by atoms with Crippen LogP contribution in [0.5, 0.6) is 0 Å². The molecule has 1 aliphatic heterocycles. The molecule has 1 fully saturated rings. The summed E-state index contributed by atoms with van der Waals surface area (Å²) in [6.07, 6.45) is 0.747. The Balaban J connectivity index is 2.18. The van der Waals surface area contributed by atoms with Crippen molar-refractivity contribution in [3.05, 3.63) is 22.4 Å². The fourth-order valence-corrected chi connectivity index (χ4v) is 3.83. The van der Waals surface area contributed by atoms with E-state index in [1.54, 1.807) is 11.3 Å². The van der Waals surface area contributed by atoms with E-state index in [9.17, 15) is 9.90 Å². The molecule has 0 spiro atoms. The third-order valence-electron chi connectivity index (χ3n) is 3.88. The number of hydrogen-bond donors (Lipinski definition) is 1. The van der Waals surface area contributed by atoms with E-state index in [0.717, 1.165) is 13.0 Å². The Morgan fingerprint density at radius 1 is 1.56 bits per heavy atom. The molecule has 2 atom stereocenters. The van der Waals surface area contributed by atoms with Gasteiger partial charge in [-0.2, -0.15) is 0 Å². The molecular weight excluding hydrogens is 246 g/mol. The third-order valence-corrected chi connectivity index (χ3v) is 4.82. The van der Waals surface area contributed by atoms with Crippen molar-refractivity contribution in [1.82, 2.24) is 4.90 Å². The van der Waals surface area contributed by atoms with Crippen molar-refractivity contribution < 1.29 is 9.90 Å². The Bertz CT molecular complexity index is 415. The molecule has 0 bridgehead atoms. The maximum absolute atomic E-state index is 11.3. The van der Waals surface area contributed by atoms with Crippen molar-refractivity contribution in [1.29, 1.82) is 0 Å². The Labute approximate surface area is 112 Å². The standard InChI is InChI=1S/C14H21NO2S/c1-10(2)12(11-5-4-8-18-11)15-7-6-14(3,9-15)13(16)17/h4-5,8,10,12H,6-7,9H2,1-3H3,(H,16,17). The van der Waals surface area contributed by atoms with Gasteiger partial charge in [-0.05, 0) is 37.3 Å². The smallest absolute Gasteiger partial charge is 0.310 e. The first kappa shape index (κ1) is 13.6. The second kappa shape index (κ2) is 5.02. The van der Waals surface area contributed by atoms with E-state index in [4.69, 9.17) is 0 Å². The van der Waals surface area contributed by atoms with E-state index < -0.39 is 11.4 Å². The lowest BCUT2D eigenvalue weighted by Gasteiger charge is -2.31. The zero-order valence-corrected chi connectivity index (χ0v) is 12.0. The number of carboxylic acids is 1. The van der Waals surface area contributed by atoms with Gasteiger partial charge in [0.2, 0.25) is 0 Å². The van der Waals surface area contributed by atoms with Crippen LogP contribution in [0.25, 0.3) is 0 Å². The topological polar surface area (TPSA) is 40.5 Å². The lowest BCUT2D eigenvalue weighted by atomic mass is 9.90. The van der Waals surface area contributed by atoms with Crippen LogP contribution in [0.2, 0.25) is 0 Å². The minimum Gasteiger partial charge on any atom is -0.481 e. The summed E-state index contributed by atoms with van der Waals surface area (Å²) in [4.78, 5) is 15.0. The largest absolute Gasteiger partial charge is 0.481 e. The number of carbonyl (C=O) groups is 1. The van der Waals surface area contributed by atoms with Gasteiger partial charge in [-0.1, -0.05) is 19.9 Å². The number of thiophene rings is 1. The highest BCUT2D eigenvalue weighted by molar-refractivity contribution is 7.10. The van der Waals surface area contributed by atoms with Crippen LogP contribution in [0.4, 0.5) is 0 Å². The minimum atomic E-state index is -0.668. The Morgan fingerprint density at radius 3 is 2.72 bits per heavy atom. The van der Waals surface area contributed by atoms with Crippen molar-refractivity contribution in [2.45, 2.75) is 33.2 Å². The predicted octanol–water partition coefficient (Wildman–Crippen LogP) is 3.24. The molecule has 4 heteroatoms. The number of aliphatic carboxylic acids is 1. The first-order valence-electron chi connectivity index (χ1n) is 6.45. The van der Waals surface area contributed by atoms with E-state index in [0.29, 0.717) is 18.5 Å². The molecule has 0 saturated carbocycles.